The van der Waals surface area contributed by atoms with Crippen LogP contribution in [-0.4, -0.2) is 64.2 Å². The van der Waals surface area contributed by atoms with Gasteiger partial charge in [0.25, 0.3) is 11.1 Å². The van der Waals surface area contributed by atoms with Crippen molar-refractivity contribution in [2.45, 2.75) is 0 Å². The molecule has 0 bridgehead atoms. The predicted octanol–water partition coefficient (Wildman–Crippen LogP) is 2.77. The number of fused-ring (bicyclic) bond motifs is 1. The lowest BCUT2D eigenvalue weighted by Crippen LogP contribution is -2.44. The molecule has 2 aromatic heterocycles. The Kier molecular flexibility index (Phi) is 5.13. The molecule has 0 spiro atoms. The number of amides is 2. The smallest absolute Gasteiger partial charge is 0.290 e. The Morgan fingerprint density at radius 3 is 2.52 bits per heavy atom. The maximum atomic E-state index is 11.8. The van der Waals surface area contributed by atoms with Crippen molar-refractivity contribution in [1.82, 2.24) is 25.2 Å². The Morgan fingerprint density at radius 1 is 1.03 bits per heavy atom. The highest BCUT2D eigenvalue weighted by Gasteiger charge is 2.25. The van der Waals surface area contributed by atoms with Gasteiger partial charge in [-0.2, -0.15) is 0 Å². The minimum Gasteiger partial charge on any atom is -0.369 e. The van der Waals surface area contributed by atoms with Crippen molar-refractivity contribution in [1.29, 1.82) is 0 Å². The molecule has 1 N–H and O–H groups in total. The fourth-order valence-corrected chi connectivity index (χ4v) is 4.40. The third kappa shape index (κ3) is 4.01. The summed E-state index contributed by atoms with van der Waals surface area (Å²) in [5.74, 6) is -0.402. The number of thioether (sulfide) groups is 1. The minimum atomic E-state index is -0.402. The van der Waals surface area contributed by atoms with Gasteiger partial charge in [0.15, 0.2) is 0 Å². The van der Waals surface area contributed by atoms with Crippen LogP contribution in [0.25, 0.3) is 28.2 Å². The molecule has 2 amide bonds. The van der Waals surface area contributed by atoms with Gasteiger partial charge in [-0.3, -0.25) is 19.9 Å². The number of nitrogens with zero attached hydrogens (tertiary/aromatic N) is 5. The van der Waals surface area contributed by atoms with Crippen molar-refractivity contribution in [2.24, 2.45) is 0 Å². The molecule has 8 nitrogen and oxygen atoms in total. The molecule has 0 atom stereocenters. The number of carbonyl (C=O) groups is 2. The van der Waals surface area contributed by atoms with Gasteiger partial charge in [-0.1, -0.05) is 12.1 Å². The zero-order valence-electron chi connectivity index (χ0n) is 16.9. The van der Waals surface area contributed by atoms with Crippen molar-refractivity contribution >= 4 is 45.6 Å². The van der Waals surface area contributed by atoms with Gasteiger partial charge in [-0.15, -0.1) is 0 Å². The van der Waals surface area contributed by atoms with Crippen LogP contribution in [-0.2, 0) is 4.79 Å². The first kappa shape index (κ1) is 19.7. The van der Waals surface area contributed by atoms with Crippen LogP contribution in [0.5, 0.6) is 0 Å². The molecule has 9 heteroatoms. The maximum Gasteiger partial charge on any atom is 0.290 e. The molecule has 0 radical (unpaired) electrons. The molecule has 4 heterocycles. The zero-order valence-corrected chi connectivity index (χ0v) is 17.7. The lowest BCUT2D eigenvalue weighted by Gasteiger charge is -2.34. The second-order valence-corrected chi connectivity index (χ2v) is 8.55. The summed E-state index contributed by atoms with van der Waals surface area (Å²) in [6.45, 7) is 4.16. The summed E-state index contributed by atoms with van der Waals surface area (Å²) in [6, 6.07) is 10.3. The van der Waals surface area contributed by atoms with Crippen LogP contribution >= 0.6 is 11.8 Å². The van der Waals surface area contributed by atoms with Crippen molar-refractivity contribution in [3.63, 3.8) is 0 Å². The number of anilines is 1. The summed E-state index contributed by atoms with van der Waals surface area (Å²) in [7, 11) is 2.15. The lowest BCUT2D eigenvalue weighted by molar-refractivity contribution is -0.115. The second-order valence-electron chi connectivity index (χ2n) is 7.54. The van der Waals surface area contributed by atoms with E-state index in [1.54, 1.807) is 12.3 Å². The summed E-state index contributed by atoms with van der Waals surface area (Å²) in [4.78, 5) is 41.5. The van der Waals surface area contributed by atoms with Crippen LogP contribution in [0.4, 0.5) is 10.5 Å². The summed E-state index contributed by atoms with van der Waals surface area (Å²) < 4.78 is 0. The average Bonchev–Trinajstić information content (AvgIpc) is 3.10. The number of hydrogen-bond donors (Lipinski definition) is 1. The monoisotopic (exact) mass is 432 g/mol. The first-order chi connectivity index (χ1) is 15.1. The Balaban J connectivity index is 1.47. The Labute approximate surface area is 183 Å². The highest BCUT2D eigenvalue weighted by Crippen LogP contribution is 2.30. The standard InChI is InChI=1S/C22H20N6O2S/c1-27-6-8-28(9-7-27)16-4-2-14(3-5-16)20-17-10-15(23-12-18(17)24-13-25-20)11-19-21(29)26-22(30)31-19/h2-5,10-13H,6-9H2,1H3,(H,26,29,30). The van der Waals surface area contributed by atoms with E-state index >= 15 is 0 Å². The number of carbonyl (C=O) groups excluding carboxylic acids is 2. The van der Waals surface area contributed by atoms with E-state index < -0.39 is 5.91 Å². The molecule has 2 aliphatic heterocycles. The third-order valence-electron chi connectivity index (χ3n) is 5.47. The molecule has 2 aliphatic rings. The number of hydrogen-bond acceptors (Lipinski definition) is 8. The van der Waals surface area contributed by atoms with Gasteiger partial charge in [0, 0.05) is 42.8 Å². The van der Waals surface area contributed by atoms with E-state index in [2.05, 4.69) is 61.4 Å². The molecule has 3 aromatic rings. The number of likely N-dealkylation sites (N-methyl/N-ethyl adjacent to an activating group) is 1. The van der Waals surface area contributed by atoms with Gasteiger partial charge in [0.2, 0.25) is 0 Å². The number of rotatable bonds is 3. The van der Waals surface area contributed by atoms with E-state index in [4.69, 9.17) is 0 Å². The molecule has 2 saturated heterocycles. The number of piperazine rings is 1. The largest absolute Gasteiger partial charge is 0.369 e. The van der Waals surface area contributed by atoms with E-state index in [0.717, 1.165) is 60.1 Å². The molecule has 0 unspecified atom stereocenters. The summed E-state index contributed by atoms with van der Waals surface area (Å²) >= 11 is 0.872. The number of pyridine rings is 1. The number of aromatic nitrogens is 3. The van der Waals surface area contributed by atoms with Gasteiger partial charge < -0.3 is 9.80 Å². The van der Waals surface area contributed by atoms with E-state index in [1.807, 2.05) is 6.07 Å². The minimum absolute atomic E-state index is 0.326. The Morgan fingerprint density at radius 2 is 1.81 bits per heavy atom. The SMILES string of the molecule is CN1CCN(c2ccc(-c3ncnc4cnc(C=C5SC(=O)NC5=O)cc34)cc2)CC1. The van der Waals surface area contributed by atoms with Crippen LogP contribution < -0.4 is 10.2 Å². The summed E-state index contributed by atoms with van der Waals surface area (Å²) in [5, 5.41) is 2.72. The van der Waals surface area contributed by atoms with Gasteiger partial charge >= 0.3 is 0 Å². The van der Waals surface area contributed by atoms with Gasteiger partial charge in [0.05, 0.1) is 28.0 Å². The molecule has 0 aliphatic carbocycles. The zero-order chi connectivity index (χ0) is 21.4. The first-order valence-electron chi connectivity index (χ1n) is 9.96. The Hall–Kier alpha value is -3.30. The molecule has 0 saturated carbocycles. The Bertz CT molecular complexity index is 1200. The maximum absolute atomic E-state index is 11.8. The van der Waals surface area contributed by atoms with Crippen LogP contribution in [0.2, 0.25) is 0 Å². The van der Waals surface area contributed by atoms with Crippen molar-refractivity contribution in [3.8, 4) is 11.3 Å². The fourth-order valence-electron chi connectivity index (χ4n) is 3.73. The van der Waals surface area contributed by atoms with Gasteiger partial charge in [-0.25, -0.2) is 9.97 Å². The molecule has 1 aromatic carbocycles. The number of benzene rings is 1. The molecule has 31 heavy (non-hydrogen) atoms. The van der Waals surface area contributed by atoms with Crippen LogP contribution in [0, 0.1) is 0 Å². The van der Waals surface area contributed by atoms with Crippen LogP contribution in [0.15, 0.2) is 47.8 Å². The van der Waals surface area contributed by atoms with Crippen molar-refractivity contribution in [2.75, 3.05) is 38.1 Å². The van der Waals surface area contributed by atoms with Gasteiger partial charge in [-0.05, 0) is 43.1 Å². The van der Waals surface area contributed by atoms with Crippen molar-refractivity contribution < 1.29 is 9.59 Å². The predicted molar refractivity (Wildman–Crippen MR) is 122 cm³/mol. The fraction of sp³-hybridized carbons (Fsp3) is 0.227. The highest BCUT2D eigenvalue weighted by molar-refractivity contribution is 8.18. The number of imide groups is 1. The molecule has 5 rings (SSSR count). The number of nitrogens with one attached hydrogen (secondary N) is 1. The van der Waals surface area contributed by atoms with E-state index in [0.29, 0.717) is 10.6 Å². The van der Waals surface area contributed by atoms with E-state index in [-0.39, 0.29) is 5.24 Å². The quantitative estimate of drug-likeness (QED) is 0.632. The van der Waals surface area contributed by atoms with Crippen molar-refractivity contribution in [3.05, 3.63) is 53.5 Å². The summed E-state index contributed by atoms with van der Waals surface area (Å²) in [6.07, 6.45) is 4.80. The summed E-state index contributed by atoms with van der Waals surface area (Å²) in [5.41, 5.74) is 4.28. The van der Waals surface area contributed by atoms with Crippen LogP contribution in [0.1, 0.15) is 5.69 Å². The normalized spacial score (nSPS) is 18.7. The van der Waals surface area contributed by atoms with Crippen LogP contribution in [0.3, 0.4) is 0 Å². The molecule has 2 fully saturated rings. The first-order valence-corrected chi connectivity index (χ1v) is 10.8. The third-order valence-corrected chi connectivity index (χ3v) is 6.28. The van der Waals surface area contributed by atoms with E-state index in [1.165, 1.54) is 12.0 Å². The molecule has 156 valence electrons. The highest BCUT2D eigenvalue weighted by atomic mass is 32.2. The average molecular weight is 433 g/mol. The topological polar surface area (TPSA) is 91.3 Å². The molecular formula is C22H20N6O2S. The second kappa shape index (κ2) is 8.09. The lowest BCUT2D eigenvalue weighted by atomic mass is 10.1. The molecular weight excluding hydrogens is 412 g/mol. The van der Waals surface area contributed by atoms with Gasteiger partial charge in [0.1, 0.15) is 6.33 Å². The van der Waals surface area contributed by atoms with E-state index in [9.17, 15) is 9.59 Å².